The van der Waals surface area contributed by atoms with Crippen molar-refractivity contribution in [2.75, 3.05) is 32.7 Å². The van der Waals surface area contributed by atoms with Crippen LogP contribution < -0.4 is 5.73 Å². The van der Waals surface area contributed by atoms with Crippen LogP contribution in [0, 0.1) is 11.3 Å². The number of amides is 3. The molecule has 2 fully saturated rings. The highest BCUT2D eigenvalue weighted by atomic mass is 35.5. The zero-order valence-corrected chi connectivity index (χ0v) is 45.6. The summed E-state index contributed by atoms with van der Waals surface area (Å²) in [5.41, 5.74) is 7.48. The Morgan fingerprint density at radius 2 is 1.29 bits per heavy atom. The fraction of sp³-hybridized carbons (Fsp3) is 0.536. The topological polar surface area (TPSA) is 82.8 Å². The number of rotatable bonds is 5. The summed E-state index contributed by atoms with van der Waals surface area (Å²) in [5.74, 6) is 0.509. The Kier molecular flexibility index (Phi) is 27.5. The van der Waals surface area contributed by atoms with E-state index < -0.39 is 0 Å². The minimum atomic E-state index is -0.369. The number of nitrogens with zero attached hydrogens (tertiary/aromatic N) is 4. The van der Waals surface area contributed by atoms with Gasteiger partial charge in [-0.15, -0.1) is 0 Å². The zero-order valence-electron chi connectivity index (χ0n) is 29.3. The van der Waals surface area contributed by atoms with Crippen LogP contribution >= 0.6 is 11.6 Å². The van der Waals surface area contributed by atoms with Gasteiger partial charge in [0.2, 0.25) is 5.91 Å². The molecular weight excluding hydrogens is 1080 g/mol. The lowest BCUT2D eigenvalue weighted by Gasteiger charge is -2.49. The highest BCUT2D eigenvalue weighted by Gasteiger charge is 2.41. The smallest absolute Gasteiger partial charge is 0.314 e. The lowest BCUT2D eigenvalue weighted by atomic mass is 9.82. The van der Waals surface area contributed by atoms with Gasteiger partial charge in [0.1, 0.15) is 0 Å². The molecule has 1 aromatic carbocycles. The number of pyridine rings is 1. The van der Waals surface area contributed by atoms with Crippen LogP contribution in [0.25, 0.3) is 0 Å². The number of hydrogen-bond donors (Lipinski definition) is 1. The Balaban J connectivity index is 0.000000364. The van der Waals surface area contributed by atoms with Gasteiger partial charge < -0.3 is 15.5 Å². The van der Waals surface area contributed by atoms with Crippen molar-refractivity contribution in [1.82, 2.24) is 19.7 Å². The van der Waals surface area contributed by atoms with Crippen molar-refractivity contribution in [3.05, 3.63) is 64.9 Å². The number of carbonyl (C=O) groups excluding carboxylic acids is 2. The minimum absolute atomic E-state index is 0.0105. The molecule has 7 nitrogen and oxygen atoms in total. The number of piperidine rings is 1. The number of nitrogens with two attached hydrogens (primary N) is 1. The lowest BCUT2D eigenvalue weighted by Crippen LogP contribution is -2.60. The normalized spacial score (nSPS) is 16.2. The van der Waals surface area contributed by atoms with Crippen LogP contribution in [-0.4, -0.2) is 70.4 Å². The number of halogens is 1. The maximum atomic E-state index is 13.6. The third-order valence-electron chi connectivity index (χ3n) is 8.08. The first-order valence-corrected chi connectivity index (χ1v) is 40.3. The van der Waals surface area contributed by atoms with Gasteiger partial charge >= 0.3 is 6.03 Å². The first-order valence-electron chi connectivity index (χ1n) is 15.9. The van der Waals surface area contributed by atoms with Crippen molar-refractivity contribution in [3.63, 3.8) is 0 Å². The third-order valence-corrected chi connectivity index (χ3v) is 43.9. The molecule has 3 amide bonds. The van der Waals surface area contributed by atoms with E-state index in [1.54, 1.807) is 138 Å². The van der Waals surface area contributed by atoms with Crippen molar-refractivity contribution < 1.29 is 9.59 Å². The molecule has 27 heteroatoms. The van der Waals surface area contributed by atoms with Gasteiger partial charge in [-0.1, -0.05) is 50.6 Å². The molecule has 0 radical (unpaired) electrons. The Hall–Kier alpha value is 1.54. The number of primary amides is 1. The Bertz CT molecular complexity index is 2310. The predicted molar refractivity (Wildman–Crippen MR) is 282 cm³/mol. The number of likely N-dealkylation sites (tertiary alicyclic amines) is 1. The van der Waals surface area contributed by atoms with E-state index in [9.17, 15) is 9.59 Å². The molecule has 0 aliphatic carbocycles. The van der Waals surface area contributed by atoms with Crippen molar-refractivity contribution in [1.29, 1.82) is 0 Å². The lowest BCUT2D eigenvalue weighted by molar-refractivity contribution is -0.141. The first-order chi connectivity index (χ1) is 26.5. The number of carbonyl (C=O) groups is 2. The van der Waals surface area contributed by atoms with E-state index in [4.69, 9.17) is 44.7 Å². The molecule has 3 heterocycles. The van der Waals surface area contributed by atoms with Gasteiger partial charge in [0.05, 0.1) is 11.7 Å². The van der Waals surface area contributed by atoms with E-state index in [0.717, 1.165) is 37.2 Å². The van der Waals surface area contributed by atoms with Gasteiger partial charge in [-0.25, -0.2) is 4.79 Å². The highest BCUT2D eigenvalue weighted by molar-refractivity contribution is 8.78. The molecule has 2 aliphatic rings. The van der Waals surface area contributed by atoms with Crippen molar-refractivity contribution >= 4 is 197 Å². The summed E-state index contributed by atoms with van der Waals surface area (Å²) in [7, 11) is 29.0. The van der Waals surface area contributed by atoms with E-state index in [-0.39, 0.29) is 29.4 Å². The average Bonchev–Trinajstić information content (AvgIpc) is 3.18. The fourth-order valence-corrected chi connectivity index (χ4v) is 47.0. The molecule has 0 saturated carbocycles. The summed E-state index contributed by atoms with van der Waals surface area (Å²) in [4.78, 5) is 35.9. The third kappa shape index (κ3) is 20.3. The van der Waals surface area contributed by atoms with Crippen LogP contribution in [0.3, 0.4) is 0 Å². The summed E-state index contributed by atoms with van der Waals surface area (Å²) in [6.07, 6.45) is 4.02. The molecule has 2 N–H and O–H groups in total. The molecule has 4 rings (SSSR count). The minimum Gasteiger partial charge on any atom is -0.351 e. The SMILES string of the molecule is CC(C)(C)[C@H]1CN(C(c2ccc(Cl)cc2)c2ccccn2)CCN1C(=O)CC1CCN(C(N)=O)CC1.S=S=S=S=S=S=S=S=S=S=S=S=S=S=S=S=S=S=S. The van der Waals surface area contributed by atoms with E-state index in [2.05, 4.69) is 48.8 Å². The monoisotopic (exact) mass is 1120 g/mol. The molecule has 2 aromatic rings. The number of aromatic nitrogens is 1. The van der Waals surface area contributed by atoms with Crippen molar-refractivity contribution in [2.45, 2.75) is 52.1 Å². The summed E-state index contributed by atoms with van der Waals surface area (Å²) in [6, 6.07) is 13.7. The Morgan fingerprint density at radius 3 is 1.73 bits per heavy atom. The second kappa shape index (κ2) is 29.7. The molecule has 0 bridgehead atoms. The Morgan fingerprint density at radius 1 is 0.782 bits per heavy atom. The molecule has 1 unspecified atom stereocenters. The van der Waals surface area contributed by atoms with E-state index in [1.165, 1.54) is 17.8 Å². The summed E-state index contributed by atoms with van der Waals surface area (Å²) in [5, 5.41) is 0.711. The van der Waals surface area contributed by atoms with E-state index in [0.29, 0.717) is 37.0 Å². The largest absolute Gasteiger partial charge is 0.351 e. The van der Waals surface area contributed by atoms with Gasteiger partial charge in [-0.2, -0.15) is 0 Å². The second-order valence-corrected chi connectivity index (χ2v) is 42.8. The maximum absolute atomic E-state index is 13.6. The van der Waals surface area contributed by atoms with Gasteiger partial charge in [0, 0.05) is 230 Å². The number of piperazine rings is 1. The quantitative estimate of drug-likeness (QED) is 0.475. The average molecular weight is 1120 g/mol. The predicted octanol–water partition coefficient (Wildman–Crippen LogP) is 4.52. The van der Waals surface area contributed by atoms with Crippen LogP contribution in [0.2, 0.25) is 5.02 Å². The van der Waals surface area contributed by atoms with Gasteiger partial charge in [-0.3, -0.25) is 14.7 Å². The molecule has 2 saturated heterocycles. The van der Waals surface area contributed by atoms with Gasteiger partial charge in [0.25, 0.3) is 0 Å². The van der Waals surface area contributed by atoms with E-state index >= 15 is 0 Å². The molecule has 0 spiro atoms. The van der Waals surface area contributed by atoms with Gasteiger partial charge in [-0.05, 0) is 54.0 Å². The number of urea groups is 1. The second-order valence-electron chi connectivity index (χ2n) is 12.3. The van der Waals surface area contributed by atoms with Crippen molar-refractivity contribution in [2.24, 2.45) is 17.1 Å². The highest BCUT2D eigenvalue weighted by Crippen LogP contribution is 2.35. The summed E-state index contributed by atoms with van der Waals surface area (Å²) in [6.45, 7) is 10.1. The molecule has 55 heavy (non-hydrogen) atoms. The molecule has 2 aliphatic heterocycles. The summed E-state index contributed by atoms with van der Waals surface area (Å²) >= 11 is 15.7. The molecule has 2 atom stereocenters. The van der Waals surface area contributed by atoms with Crippen LogP contribution in [0.4, 0.5) is 4.79 Å². The zero-order chi connectivity index (χ0) is 39.9. The molecule has 308 valence electrons. The maximum Gasteiger partial charge on any atom is 0.314 e. The van der Waals surface area contributed by atoms with Gasteiger partial charge in [0.15, 0.2) is 0 Å². The standard InChI is InChI=1S/C28H38ClN5O2.S19/c1-28(2,3)24-19-33(26(23-6-4-5-13-31-23)21-7-9-22(29)10-8-21)16-17-34(24)25(35)18-20-11-14-32(15-12-20)27(30)36;1-3-5-7-9-11-13-15-17-19-18-16-14-12-10-8-6-4-2/h4-10,13,20,24,26H,11-12,14-19H2,1-3H3,(H2,30,36);/t24-,26?;/m1./s1. The summed E-state index contributed by atoms with van der Waals surface area (Å²) < 4.78 is 0. The van der Waals surface area contributed by atoms with Crippen LogP contribution in [0.15, 0.2) is 48.7 Å². The van der Waals surface area contributed by atoms with Crippen molar-refractivity contribution in [3.8, 4) is 0 Å². The number of hydrogen-bond acceptors (Lipinski definition) is 6. The van der Waals surface area contributed by atoms with E-state index in [1.807, 2.05) is 30.5 Å². The fourth-order valence-electron chi connectivity index (χ4n) is 5.72. The first kappa shape index (κ1) is 50.9. The van der Waals surface area contributed by atoms with Crippen LogP contribution in [-0.2, 0) is 178 Å². The molecular formula is C28H38ClN5O2S19. The number of benzene rings is 1. The van der Waals surface area contributed by atoms with Crippen LogP contribution in [0.5, 0.6) is 0 Å². The molecule has 1 aromatic heterocycles. The van der Waals surface area contributed by atoms with Crippen LogP contribution in [0.1, 0.15) is 57.3 Å². The Labute approximate surface area is 387 Å².